The first-order valence-corrected chi connectivity index (χ1v) is 32.4. The monoisotopic (exact) mass is 1210 g/mol. The first-order valence-electron chi connectivity index (χ1n) is 32.4. The number of methoxy groups -OCH3 is 3. The number of nitrogens with one attached hydrogen (secondary N) is 2. The summed E-state index contributed by atoms with van der Waals surface area (Å²) in [4.78, 5) is 29.2. The molecule has 0 fully saturated rings. The van der Waals surface area contributed by atoms with Gasteiger partial charge >= 0.3 is 0 Å². The molecule has 0 heterocycles. The number of rotatable bonds is 61. The van der Waals surface area contributed by atoms with Crippen LogP contribution in [0.25, 0.3) is 0 Å². The van der Waals surface area contributed by atoms with Gasteiger partial charge in [0.15, 0.2) is 11.5 Å². The fraction of sp³-hybridized carbons (Fsp3) is 0.706. The van der Waals surface area contributed by atoms with E-state index < -0.39 is 11.9 Å². The van der Waals surface area contributed by atoms with E-state index in [1.807, 2.05) is 48.5 Å². The van der Waals surface area contributed by atoms with Crippen molar-refractivity contribution in [3.8, 4) is 28.7 Å². The molecule has 0 bridgehead atoms. The van der Waals surface area contributed by atoms with Crippen LogP contribution in [0.5, 0.6) is 28.7 Å². The Kier molecular flexibility index (Phi) is 47.7. The molecular weight excluding hydrogens is 1100 g/mol. The van der Waals surface area contributed by atoms with Crippen LogP contribution in [0.15, 0.2) is 60.7 Å². The van der Waals surface area contributed by atoms with Crippen molar-refractivity contribution in [3.63, 3.8) is 0 Å². The normalized spacial score (nSPS) is 11.6. The van der Waals surface area contributed by atoms with Crippen LogP contribution in [-0.4, -0.2) is 171 Å². The summed E-state index contributed by atoms with van der Waals surface area (Å²) in [7, 11) is 4.86. The standard InChI is InChI=1S/C68H112N2O16/c1-6-8-10-12-14-16-18-20-22-27-31-82-61-51-59(52-62(56-61)83-32-28-23-21-19-17-15-13-11-9-7-2)57-69-68(72)63(53-58-29-25-24-26-30-58)70-67(71)60-54-64(84-48-45-79-42-39-76-36-33-73-3)66(86-50-47-81-44-41-78-38-35-75-5)65(55-60)85-49-46-80-43-40-77-37-34-74-4/h24-26,29-30,51-52,54-56,63H,6-23,27-28,31-50,53,57H2,1-5H3,(H,69,72)(H,70,71)/t63-/m0/s1. The lowest BCUT2D eigenvalue weighted by Gasteiger charge is -2.21. The van der Waals surface area contributed by atoms with Crippen LogP contribution in [-0.2, 0) is 60.4 Å². The van der Waals surface area contributed by atoms with Gasteiger partial charge in [0.2, 0.25) is 11.7 Å². The van der Waals surface area contributed by atoms with E-state index in [2.05, 4.69) is 24.5 Å². The van der Waals surface area contributed by atoms with Crippen LogP contribution in [0, 0.1) is 0 Å². The summed E-state index contributed by atoms with van der Waals surface area (Å²) in [6, 6.07) is 17.7. The van der Waals surface area contributed by atoms with Crippen LogP contribution in [0.4, 0.5) is 0 Å². The average molecular weight is 1210 g/mol. The molecule has 3 aromatic carbocycles. The number of carbonyl (C=O) groups excluding carboxylic acids is 2. The minimum absolute atomic E-state index is 0.108. The van der Waals surface area contributed by atoms with Crippen molar-refractivity contribution in [1.29, 1.82) is 0 Å². The highest BCUT2D eigenvalue weighted by Gasteiger charge is 2.25. The van der Waals surface area contributed by atoms with E-state index in [-0.39, 0.29) is 81.3 Å². The van der Waals surface area contributed by atoms with Gasteiger partial charge in [0, 0.05) is 45.9 Å². The zero-order valence-electron chi connectivity index (χ0n) is 53.6. The summed E-state index contributed by atoms with van der Waals surface area (Å²) >= 11 is 0. The van der Waals surface area contributed by atoms with E-state index in [1.165, 1.54) is 103 Å². The molecule has 3 aromatic rings. The van der Waals surface area contributed by atoms with E-state index in [0.717, 1.165) is 36.8 Å². The number of hydrogen-bond acceptors (Lipinski definition) is 16. The largest absolute Gasteiger partial charge is 0.493 e. The Morgan fingerprint density at radius 2 is 0.756 bits per heavy atom. The Balaban J connectivity index is 1.84. The lowest BCUT2D eigenvalue weighted by molar-refractivity contribution is -0.123. The molecule has 18 heteroatoms. The zero-order chi connectivity index (χ0) is 61.4. The fourth-order valence-electron chi connectivity index (χ4n) is 9.15. The lowest BCUT2D eigenvalue weighted by atomic mass is 10.0. The Bertz CT molecular complexity index is 1980. The van der Waals surface area contributed by atoms with E-state index >= 15 is 0 Å². The van der Waals surface area contributed by atoms with E-state index in [4.69, 9.17) is 66.3 Å². The van der Waals surface area contributed by atoms with Crippen molar-refractivity contribution in [3.05, 3.63) is 77.4 Å². The predicted octanol–water partition coefficient (Wildman–Crippen LogP) is 12.1. The summed E-state index contributed by atoms with van der Waals surface area (Å²) in [5.41, 5.74) is 1.87. The van der Waals surface area contributed by atoms with Crippen LogP contribution in [0.1, 0.15) is 164 Å². The van der Waals surface area contributed by atoms with Gasteiger partial charge in [-0.05, 0) is 48.2 Å². The molecule has 0 unspecified atom stereocenters. The predicted molar refractivity (Wildman–Crippen MR) is 338 cm³/mol. The molecule has 86 heavy (non-hydrogen) atoms. The highest BCUT2D eigenvalue weighted by molar-refractivity contribution is 5.98. The van der Waals surface area contributed by atoms with E-state index in [9.17, 15) is 9.59 Å². The fourth-order valence-corrected chi connectivity index (χ4v) is 9.15. The third kappa shape index (κ3) is 39.2. The van der Waals surface area contributed by atoms with Crippen LogP contribution >= 0.6 is 0 Å². The van der Waals surface area contributed by atoms with Gasteiger partial charge in [-0.2, -0.15) is 0 Å². The third-order valence-corrected chi connectivity index (χ3v) is 14.0. The maximum Gasteiger partial charge on any atom is 0.252 e. The molecule has 2 N–H and O–H groups in total. The number of carbonyl (C=O) groups is 2. The molecule has 0 aliphatic carbocycles. The summed E-state index contributed by atoms with van der Waals surface area (Å²) in [6.07, 6.45) is 25.1. The Hall–Kier alpha value is -4.76. The molecule has 0 radical (unpaired) electrons. The van der Waals surface area contributed by atoms with Gasteiger partial charge in [-0.3, -0.25) is 9.59 Å². The maximum absolute atomic E-state index is 14.7. The quantitative estimate of drug-likeness (QED) is 0.0508. The molecule has 490 valence electrons. The topological polar surface area (TPSA) is 187 Å². The maximum atomic E-state index is 14.7. The first kappa shape index (κ1) is 75.5. The molecule has 0 saturated carbocycles. The number of benzene rings is 3. The molecule has 1 atom stereocenters. The molecule has 0 aliphatic rings. The highest BCUT2D eigenvalue weighted by Crippen LogP contribution is 2.39. The van der Waals surface area contributed by atoms with Gasteiger partial charge in [0.1, 0.15) is 37.4 Å². The Morgan fingerprint density at radius 1 is 0.384 bits per heavy atom. The minimum Gasteiger partial charge on any atom is -0.493 e. The van der Waals surface area contributed by atoms with Gasteiger partial charge in [0.05, 0.1) is 112 Å². The van der Waals surface area contributed by atoms with Crippen molar-refractivity contribution in [2.45, 2.75) is 161 Å². The number of amides is 2. The van der Waals surface area contributed by atoms with Crippen LogP contribution in [0.3, 0.4) is 0 Å². The molecular formula is C68H112N2O16. The number of hydrogen-bond donors (Lipinski definition) is 2. The molecule has 0 aliphatic heterocycles. The Morgan fingerprint density at radius 3 is 1.16 bits per heavy atom. The summed E-state index contributed by atoms with van der Waals surface area (Å²) in [5.74, 6) is 1.23. The second-order valence-electron chi connectivity index (χ2n) is 21.3. The van der Waals surface area contributed by atoms with Crippen molar-refractivity contribution in [2.24, 2.45) is 0 Å². The van der Waals surface area contributed by atoms with Gasteiger partial charge < -0.3 is 76.9 Å². The van der Waals surface area contributed by atoms with Crippen LogP contribution in [0.2, 0.25) is 0 Å². The number of ether oxygens (including phenoxy) is 14. The van der Waals surface area contributed by atoms with Gasteiger partial charge in [0.25, 0.3) is 5.91 Å². The molecule has 3 rings (SSSR count). The molecule has 0 aromatic heterocycles. The SMILES string of the molecule is CCCCCCCCCCCCOc1cc(CNC(=O)[C@H](Cc2ccccc2)NC(=O)c2cc(OCCOCCOCCOC)c(OCCOCCOCCOC)c(OCCOCCOCCOC)c2)cc(OCCCCCCCCCCCC)c1. The second kappa shape index (κ2) is 54.4. The lowest BCUT2D eigenvalue weighted by Crippen LogP contribution is -2.47. The molecule has 0 saturated heterocycles. The van der Waals surface area contributed by atoms with Gasteiger partial charge in [-0.1, -0.05) is 160 Å². The van der Waals surface area contributed by atoms with Crippen molar-refractivity contribution in [1.82, 2.24) is 10.6 Å². The summed E-state index contributed by atoms with van der Waals surface area (Å²) in [5, 5.41) is 6.19. The molecule has 18 nitrogen and oxygen atoms in total. The first-order chi connectivity index (χ1) is 42.4. The summed E-state index contributed by atoms with van der Waals surface area (Å²) in [6.45, 7) is 11.9. The molecule has 2 amide bonds. The van der Waals surface area contributed by atoms with Crippen molar-refractivity contribution < 1.29 is 75.9 Å². The van der Waals surface area contributed by atoms with Crippen LogP contribution < -0.4 is 34.3 Å². The van der Waals surface area contributed by atoms with E-state index in [0.29, 0.717) is 104 Å². The van der Waals surface area contributed by atoms with Gasteiger partial charge in [-0.25, -0.2) is 0 Å². The summed E-state index contributed by atoms with van der Waals surface area (Å²) < 4.78 is 80.9. The highest BCUT2D eigenvalue weighted by atomic mass is 16.6. The average Bonchev–Trinajstić information content (AvgIpc) is 3.64. The van der Waals surface area contributed by atoms with Crippen molar-refractivity contribution in [2.75, 3.05) is 153 Å². The minimum atomic E-state index is -0.980. The Labute approximate surface area is 517 Å². The van der Waals surface area contributed by atoms with Gasteiger partial charge in [-0.15, -0.1) is 0 Å². The zero-order valence-corrected chi connectivity index (χ0v) is 53.6. The van der Waals surface area contributed by atoms with E-state index in [1.54, 1.807) is 33.5 Å². The van der Waals surface area contributed by atoms with Crippen molar-refractivity contribution >= 4 is 11.8 Å². The second-order valence-corrected chi connectivity index (χ2v) is 21.3. The third-order valence-electron chi connectivity index (χ3n) is 14.0. The smallest absolute Gasteiger partial charge is 0.252 e. The molecule has 0 spiro atoms. The number of unbranched alkanes of at least 4 members (excludes halogenated alkanes) is 18.